The number of aryl methyl sites for hydroxylation is 1. The number of carbonyl (C=O) groups excluding carboxylic acids is 2. The van der Waals surface area contributed by atoms with Crippen LogP contribution in [-0.2, 0) is 9.53 Å². The lowest BCUT2D eigenvalue weighted by Crippen LogP contribution is -2.40. The van der Waals surface area contributed by atoms with Crippen LogP contribution in [0.5, 0.6) is 0 Å². The Morgan fingerprint density at radius 3 is 2.80 bits per heavy atom. The zero-order valence-corrected chi connectivity index (χ0v) is 18.4. The average Bonchev–Trinajstić information content (AvgIpc) is 2.77. The molecule has 1 aromatic heterocycles. The first-order valence-electron chi connectivity index (χ1n) is 11.5. The van der Waals surface area contributed by atoms with E-state index in [0.29, 0.717) is 24.3 Å². The molecule has 1 saturated carbocycles. The first kappa shape index (κ1) is 22.4. The Kier molecular flexibility index (Phi) is 8.34. The van der Waals surface area contributed by atoms with Crippen LogP contribution in [0.25, 0.3) is 0 Å². The maximum Gasteiger partial charge on any atom is 0.411 e. The molecule has 1 N–H and O–H groups in total. The van der Waals surface area contributed by atoms with Gasteiger partial charge in [0.2, 0.25) is 6.41 Å². The molecule has 3 rings (SSSR count). The van der Waals surface area contributed by atoms with E-state index in [1.54, 1.807) is 13.1 Å². The zero-order chi connectivity index (χ0) is 21.3. The van der Waals surface area contributed by atoms with Crippen molar-refractivity contribution in [2.45, 2.75) is 71.3 Å². The lowest BCUT2D eigenvalue weighted by Gasteiger charge is -2.36. The van der Waals surface area contributed by atoms with Crippen LogP contribution in [0, 0.1) is 12.8 Å². The van der Waals surface area contributed by atoms with Gasteiger partial charge in [-0.15, -0.1) is 0 Å². The van der Waals surface area contributed by atoms with E-state index >= 15 is 0 Å². The lowest BCUT2D eigenvalue weighted by molar-refractivity contribution is -0.121. The molecule has 1 aromatic rings. The highest BCUT2D eigenvalue weighted by atomic mass is 16.5. The summed E-state index contributed by atoms with van der Waals surface area (Å²) in [5, 5.41) is 2.74. The monoisotopic (exact) mass is 416 g/mol. The van der Waals surface area contributed by atoms with Crippen LogP contribution in [0.4, 0.5) is 16.3 Å². The Labute approximate surface area is 180 Å². The fraction of sp³-hybridized carbons (Fsp3) is 0.696. The molecule has 7 nitrogen and oxygen atoms in total. The van der Waals surface area contributed by atoms with Crippen molar-refractivity contribution in [1.82, 2.24) is 9.88 Å². The van der Waals surface area contributed by atoms with Crippen molar-refractivity contribution in [3.63, 3.8) is 0 Å². The summed E-state index contributed by atoms with van der Waals surface area (Å²) in [6, 6.07) is 2.48. The van der Waals surface area contributed by atoms with E-state index in [9.17, 15) is 9.59 Å². The number of amides is 2. The molecule has 1 saturated heterocycles. The third-order valence-electron chi connectivity index (χ3n) is 6.43. The molecule has 2 aliphatic rings. The number of pyridine rings is 1. The third kappa shape index (κ3) is 6.09. The molecule has 7 heteroatoms. The van der Waals surface area contributed by atoms with Crippen molar-refractivity contribution >= 4 is 24.0 Å². The Balaban J connectivity index is 1.54. The molecule has 1 aliphatic carbocycles. The van der Waals surface area contributed by atoms with Gasteiger partial charge in [0.05, 0.1) is 18.5 Å². The third-order valence-corrected chi connectivity index (χ3v) is 6.43. The van der Waals surface area contributed by atoms with Gasteiger partial charge in [-0.05, 0) is 63.5 Å². The summed E-state index contributed by atoms with van der Waals surface area (Å²) in [5.74, 6) is 1.52. The van der Waals surface area contributed by atoms with Crippen molar-refractivity contribution in [2.24, 2.45) is 5.92 Å². The molecule has 30 heavy (non-hydrogen) atoms. The van der Waals surface area contributed by atoms with Gasteiger partial charge in [-0.1, -0.05) is 19.3 Å². The highest BCUT2D eigenvalue weighted by Crippen LogP contribution is 2.28. The molecule has 1 unspecified atom stereocenters. The molecule has 2 amide bonds. The van der Waals surface area contributed by atoms with Crippen LogP contribution in [0.2, 0.25) is 0 Å². The summed E-state index contributed by atoms with van der Waals surface area (Å²) in [6.07, 6.45) is 11.8. The molecule has 0 spiro atoms. The van der Waals surface area contributed by atoms with Crippen LogP contribution < -0.4 is 10.2 Å². The van der Waals surface area contributed by atoms with E-state index in [4.69, 9.17) is 4.74 Å². The fourth-order valence-corrected chi connectivity index (χ4v) is 4.70. The van der Waals surface area contributed by atoms with E-state index in [-0.39, 0.29) is 0 Å². The van der Waals surface area contributed by atoms with Gasteiger partial charge in [-0.3, -0.25) is 10.1 Å². The number of nitrogens with zero attached hydrogens (tertiary/aromatic N) is 3. The van der Waals surface area contributed by atoms with Crippen LogP contribution in [0.1, 0.15) is 63.9 Å². The quantitative estimate of drug-likeness (QED) is 0.638. The molecular formula is C23H36N4O3. The number of nitrogens with one attached hydrogen (secondary N) is 1. The molecule has 166 valence electrons. The largest absolute Gasteiger partial charge is 0.450 e. The summed E-state index contributed by atoms with van der Waals surface area (Å²) in [4.78, 5) is 32.2. The van der Waals surface area contributed by atoms with Gasteiger partial charge in [0, 0.05) is 25.7 Å². The SMILES string of the molecule is CCOC(=O)Nc1cnc(N2CCCC(CCN(C=O)C3CCCCC3)C2)cc1C. The smallest absolute Gasteiger partial charge is 0.411 e. The fourth-order valence-electron chi connectivity index (χ4n) is 4.70. The number of ether oxygens (including phenoxy) is 1. The first-order valence-corrected chi connectivity index (χ1v) is 11.5. The average molecular weight is 417 g/mol. The van der Waals surface area contributed by atoms with Crippen LogP contribution in [-0.4, -0.2) is 54.7 Å². The minimum Gasteiger partial charge on any atom is -0.450 e. The Hall–Kier alpha value is -2.31. The summed E-state index contributed by atoms with van der Waals surface area (Å²) in [6.45, 7) is 6.92. The summed E-state index contributed by atoms with van der Waals surface area (Å²) < 4.78 is 4.94. The summed E-state index contributed by atoms with van der Waals surface area (Å²) in [5.41, 5.74) is 1.65. The number of anilines is 2. The summed E-state index contributed by atoms with van der Waals surface area (Å²) >= 11 is 0. The van der Waals surface area contributed by atoms with Crippen LogP contribution in [0.15, 0.2) is 12.3 Å². The molecule has 2 fully saturated rings. The Bertz CT molecular complexity index is 706. The van der Waals surface area contributed by atoms with Gasteiger partial charge in [-0.2, -0.15) is 0 Å². The number of rotatable bonds is 8. The Morgan fingerprint density at radius 1 is 1.30 bits per heavy atom. The van der Waals surface area contributed by atoms with Crippen molar-refractivity contribution < 1.29 is 14.3 Å². The predicted octanol–water partition coefficient (Wildman–Crippen LogP) is 4.36. The van der Waals surface area contributed by atoms with E-state index in [1.165, 1.54) is 25.7 Å². The lowest BCUT2D eigenvalue weighted by atomic mass is 9.92. The maximum absolute atomic E-state index is 11.7. The number of hydrogen-bond acceptors (Lipinski definition) is 5. The highest BCUT2D eigenvalue weighted by molar-refractivity contribution is 5.85. The second-order valence-electron chi connectivity index (χ2n) is 8.58. The van der Waals surface area contributed by atoms with Gasteiger partial charge in [0.15, 0.2) is 0 Å². The van der Waals surface area contributed by atoms with Crippen LogP contribution >= 0.6 is 0 Å². The molecule has 1 aliphatic heterocycles. The van der Waals surface area contributed by atoms with E-state index in [0.717, 1.165) is 63.1 Å². The van der Waals surface area contributed by atoms with E-state index in [1.807, 2.05) is 13.0 Å². The van der Waals surface area contributed by atoms with Crippen molar-refractivity contribution in [3.8, 4) is 0 Å². The topological polar surface area (TPSA) is 74.8 Å². The van der Waals surface area contributed by atoms with Crippen molar-refractivity contribution in [1.29, 1.82) is 0 Å². The molecule has 0 aromatic carbocycles. The number of carbonyl (C=O) groups is 2. The van der Waals surface area contributed by atoms with Gasteiger partial charge < -0.3 is 14.5 Å². The van der Waals surface area contributed by atoms with E-state index < -0.39 is 6.09 Å². The number of hydrogen-bond donors (Lipinski definition) is 1. The van der Waals surface area contributed by atoms with Crippen molar-refractivity contribution in [2.75, 3.05) is 36.5 Å². The molecule has 0 bridgehead atoms. The minimum atomic E-state index is -0.453. The standard InChI is InChI=1S/C23H36N4O3/c1-3-30-23(29)25-21-15-24-22(14-18(21)2)26-12-7-8-19(16-26)11-13-27(17-28)20-9-5-4-6-10-20/h14-15,17,19-20H,3-13,16H2,1-2H3,(H,25,29). The maximum atomic E-state index is 11.7. The van der Waals surface area contributed by atoms with Gasteiger partial charge in [0.25, 0.3) is 0 Å². The van der Waals surface area contributed by atoms with Crippen LogP contribution in [0.3, 0.4) is 0 Å². The summed E-state index contributed by atoms with van der Waals surface area (Å²) in [7, 11) is 0. The van der Waals surface area contributed by atoms with E-state index in [2.05, 4.69) is 20.1 Å². The normalized spacial score (nSPS) is 19.9. The second-order valence-corrected chi connectivity index (χ2v) is 8.58. The number of aromatic nitrogens is 1. The van der Waals surface area contributed by atoms with Gasteiger partial charge in [0.1, 0.15) is 5.82 Å². The zero-order valence-electron chi connectivity index (χ0n) is 18.4. The molecule has 0 radical (unpaired) electrons. The minimum absolute atomic E-state index is 0.341. The van der Waals surface area contributed by atoms with Gasteiger partial charge in [-0.25, -0.2) is 9.78 Å². The molecule has 2 heterocycles. The van der Waals surface area contributed by atoms with Gasteiger partial charge >= 0.3 is 6.09 Å². The Morgan fingerprint density at radius 2 is 2.10 bits per heavy atom. The highest BCUT2D eigenvalue weighted by Gasteiger charge is 2.24. The number of piperidine rings is 1. The predicted molar refractivity (Wildman–Crippen MR) is 119 cm³/mol. The molecule has 1 atom stereocenters. The second kappa shape index (κ2) is 11.2. The van der Waals surface area contributed by atoms with Crippen molar-refractivity contribution in [3.05, 3.63) is 17.8 Å². The molecular weight excluding hydrogens is 380 g/mol. The first-order chi connectivity index (χ1) is 14.6.